The zero-order chi connectivity index (χ0) is 28.5. The predicted molar refractivity (Wildman–Crippen MR) is 170 cm³/mol. The van der Waals surface area contributed by atoms with Crippen molar-refractivity contribution in [3.63, 3.8) is 0 Å². The lowest BCUT2D eigenvalue weighted by Gasteiger charge is -2.31. The minimum Gasteiger partial charge on any atom is -0.424 e. The molecule has 6 N–H and O–H groups in total. The molecule has 0 aliphatic carbocycles. The van der Waals surface area contributed by atoms with Crippen LogP contribution in [-0.4, -0.2) is 55.0 Å². The number of guanidine groups is 1. The summed E-state index contributed by atoms with van der Waals surface area (Å²) in [6.07, 6.45) is 2.26. The average Bonchev–Trinajstić information content (AvgIpc) is 3.50. The van der Waals surface area contributed by atoms with E-state index in [2.05, 4.69) is 16.0 Å². The number of nitrogens with two attached hydrogens (primary N) is 1. The van der Waals surface area contributed by atoms with E-state index in [1.54, 1.807) is 31.2 Å². The normalized spacial score (nSPS) is 15.3. The second-order valence-electron chi connectivity index (χ2n) is 9.81. The van der Waals surface area contributed by atoms with Gasteiger partial charge in [0.05, 0.1) is 6.04 Å². The molecule has 1 aliphatic heterocycles. The molecule has 0 bridgehead atoms. The third kappa shape index (κ3) is 8.82. The van der Waals surface area contributed by atoms with Crippen molar-refractivity contribution in [2.24, 2.45) is 5.73 Å². The van der Waals surface area contributed by atoms with Crippen molar-refractivity contribution < 1.29 is 19.1 Å². The van der Waals surface area contributed by atoms with Crippen LogP contribution in [0, 0.1) is 5.41 Å². The number of benzene rings is 3. The van der Waals surface area contributed by atoms with E-state index in [0.717, 1.165) is 23.7 Å². The number of para-hydroxylation sites is 1. The van der Waals surface area contributed by atoms with Gasteiger partial charge in [0.1, 0.15) is 17.8 Å². The van der Waals surface area contributed by atoms with Crippen LogP contribution in [0.25, 0.3) is 10.8 Å². The molecular formula is C30H38Cl2N6O4. The van der Waals surface area contributed by atoms with Crippen molar-refractivity contribution in [1.82, 2.24) is 16.0 Å². The first-order valence-corrected chi connectivity index (χ1v) is 13.5. The van der Waals surface area contributed by atoms with E-state index in [4.69, 9.17) is 15.9 Å². The number of nitrogens with zero attached hydrogens (tertiary/aromatic N) is 1. The number of nitrogens with one attached hydrogen (secondary N) is 4. The summed E-state index contributed by atoms with van der Waals surface area (Å²) < 4.78 is 5.79. The summed E-state index contributed by atoms with van der Waals surface area (Å²) in [7, 11) is 0. The lowest BCUT2D eigenvalue weighted by molar-refractivity contribution is -0.139. The van der Waals surface area contributed by atoms with Crippen molar-refractivity contribution in [3.05, 3.63) is 72.8 Å². The molecule has 0 aromatic heterocycles. The number of anilines is 1. The van der Waals surface area contributed by atoms with Crippen LogP contribution in [0.1, 0.15) is 32.6 Å². The summed E-state index contributed by atoms with van der Waals surface area (Å²) in [5.74, 6) is -1.06. The Kier molecular flexibility index (Phi) is 13.5. The van der Waals surface area contributed by atoms with Gasteiger partial charge in [0.15, 0.2) is 5.96 Å². The second kappa shape index (κ2) is 16.5. The van der Waals surface area contributed by atoms with E-state index in [-0.39, 0.29) is 49.1 Å². The minimum atomic E-state index is -0.986. The Morgan fingerprint density at radius 2 is 1.74 bits per heavy atom. The Bertz CT molecular complexity index is 1350. The zero-order valence-electron chi connectivity index (χ0n) is 23.4. The van der Waals surface area contributed by atoms with Gasteiger partial charge in [0.2, 0.25) is 11.8 Å². The Hall–Kier alpha value is -3.86. The third-order valence-electron chi connectivity index (χ3n) is 6.94. The number of carbonyl (C=O) groups is 3. The minimum absolute atomic E-state index is 0. The first kappa shape index (κ1) is 34.3. The maximum atomic E-state index is 13.6. The fraction of sp³-hybridized carbons (Fsp3) is 0.333. The number of rotatable bonds is 11. The van der Waals surface area contributed by atoms with Crippen molar-refractivity contribution in [1.29, 1.82) is 5.41 Å². The second-order valence-corrected chi connectivity index (χ2v) is 9.81. The van der Waals surface area contributed by atoms with Crippen molar-refractivity contribution in [2.45, 2.75) is 50.7 Å². The summed E-state index contributed by atoms with van der Waals surface area (Å²) in [6, 6.07) is 19.8. The quantitative estimate of drug-likeness (QED) is 0.0727. The molecule has 1 fully saturated rings. The highest BCUT2D eigenvalue weighted by molar-refractivity contribution is 6.04. The Morgan fingerprint density at radius 1 is 1.05 bits per heavy atom. The van der Waals surface area contributed by atoms with E-state index >= 15 is 0 Å². The molecule has 0 radical (unpaired) electrons. The number of esters is 1. The van der Waals surface area contributed by atoms with Gasteiger partial charge in [-0.3, -0.25) is 19.9 Å². The number of halogens is 2. The Labute approximate surface area is 258 Å². The molecule has 3 aromatic carbocycles. The Morgan fingerprint density at radius 3 is 2.43 bits per heavy atom. The highest BCUT2D eigenvalue weighted by Gasteiger charge is 2.35. The topological polar surface area (TPSA) is 150 Å². The summed E-state index contributed by atoms with van der Waals surface area (Å²) in [5.41, 5.74) is 5.98. The molecule has 226 valence electrons. The molecule has 2 amide bonds. The zero-order valence-corrected chi connectivity index (χ0v) is 25.0. The maximum Gasteiger partial charge on any atom is 0.334 e. The average molecular weight is 618 g/mol. The fourth-order valence-corrected chi connectivity index (χ4v) is 4.85. The van der Waals surface area contributed by atoms with Gasteiger partial charge in [-0.1, -0.05) is 54.6 Å². The summed E-state index contributed by atoms with van der Waals surface area (Å²) in [4.78, 5) is 42.0. The van der Waals surface area contributed by atoms with Gasteiger partial charge in [-0.25, -0.2) is 4.79 Å². The van der Waals surface area contributed by atoms with Crippen LogP contribution in [-0.2, 0) is 14.4 Å². The number of carbonyl (C=O) groups excluding carboxylic acids is 3. The number of amides is 2. The van der Waals surface area contributed by atoms with Gasteiger partial charge in [-0.2, -0.15) is 0 Å². The van der Waals surface area contributed by atoms with Crippen LogP contribution in [0.2, 0.25) is 0 Å². The first-order chi connectivity index (χ1) is 19.3. The number of hydrogen-bond donors (Lipinski definition) is 5. The van der Waals surface area contributed by atoms with Gasteiger partial charge in [-0.15, -0.1) is 24.8 Å². The smallest absolute Gasteiger partial charge is 0.334 e. The molecule has 3 aromatic rings. The van der Waals surface area contributed by atoms with Gasteiger partial charge in [-0.05, 0) is 62.7 Å². The van der Waals surface area contributed by atoms with Crippen LogP contribution >= 0.6 is 24.8 Å². The van der Waals surface area contributed by atoms with Gasteiger partial charge in [0.25, 0.3) is 0 Å². The summed E-state index contributed by atoms with van der Waals surface area (Å²) >= 11 is 0. The number of ether oxygens (including phenoxy) is 1. The molecule has 3 atom stereocenters. The maximum absolute atomic E-state index is 13.6. The Balaban J connectivity index is 0.00000308. The van der Waals surface area contributed by atoms with Gasteiger partial charge < -0.3 is 26.4 Å². The highest BCUT2D eigenvalue weighted by Crippen LogP contribution is 2.26. The fourth-order valence-electron chi connectivity index (χ4n) is 4.85. The van der Waals surface area contributed by atoms with Crippen LogP contribution in [0.3, 0.4) is 0 Å². The van der Waals surface area contributed by atoms with Crippen molar-refractivity contribution in [2.75, 3.05) is 18.0 Å². The number of hydrogen-bond acceptors (Lipinski definition) is 6. The summed E-state index contributed by atoms with van der Waals surface area (Å²) in [6.45, 7) is 2.75. The lowest BCUT2D eigenvalue weighted by Crippen LogP contribution is -2.56. The van der Waals surface area contributed by atoms with E-state index in [9.17, 15) is 14.4 Å². The van der Waals surface area contributed by atoms with E-state index in [1.807, 2.05) is 48.5 Å². The predicted octanol–water partition coefficient (Wildman–Crippen LogP) is 3.51. The summed E-state index contributed by atoms with van der Waals surface area (Å²) in [5, 5.41) is 17.8. The molecule has 0 spiro atoms. The van der Waals surface area contributed by atoms with Crippen molar-refractivity contribution >= 4 is 65.0 Å². The molecule has 10 nitrogen and oxygen atoms in total. The molecule has 4 rings (SSSR count). The molecule has 1 aliphatic rings. The van der Waals surface area contributed by atoms with Crippen LogP contribution in [0.5, 0.6) is 5.75 Å². The third-order valence-corrected chi connectivity index (χ3v) is 6.94. The van der Waals surface area contributed by atoms with Crippen LogP contribution < -0.4 is 31.3 Å². The van der Waals surface area contributed by atoms with E-state index in [1.165, 1.54) is 4.90 Å². The highest BCUT2D eigenvalue weighted by atomic mass is 35.5. The van der Waals surface area contributed by atoms with Crippen molar-refractivity contribution in [3.8, 4) is 5.75 Å². The molecule has 1 saturated heterocycles. The molecule has 1 heterocycles. The molecule has 12 heteroatoms. The SMILES string of the molecule is C[C@@H](C(=O)N[C@@H](CCCNC(=N)N)C(=O)Oc1cccc2ccccc12)N(C(=O)[C@@H]1CCCN1)c1ccccc1.Cl.Cl. The van der Waals surface area contributed by atoms with Crippen LogP contribution in [0.4, 0.5) is 5.69 Å². The lowest BCUT2D eigenvalue weighted by atomic mass is 10.1. The largest absolute Gasteiger partial charge is 0.424 e. The molecule has 0 saturated carbocycles. The van der Waals surface area contributed by atoms with Gasteiger partial charge in [0, 0.05) is 17.6 Å². The molecular weight excluding hydrogens is 579 g/mol. The van der Waals surface area contributed by atoms with Crippen LogP contribution in [0.15, 0.2) is 72.8 Å². The first-order valence-electron chi connectivity index (χ1n) is 13.5. The molecule has 42 heavy (non-hydrogen) atoms. The monoisotopic (exact) mass is 616 g/mol. The number of fused-ring (bicyclic) bond motifs is 1. The standard InChI is InChI=1S/C30H36N6O4.2ClH/c1-20(36(22-12-3-2-4-13-22)28(38)24-15-8-18-33-24)27(37)35-25(16-9-19-34-30(31)32)29(39)40-26-17-7-11-21-10-5-6-14-23(21)26;;/h2-7,10-14,17,20,24-25,33H,8-9,15-16,18-19H2,1H3,(H,35,37)(H4,31,32,34);2*1H/t20-,24-,25-;;/m0../s1. The van der Waals surface area contributed by atoms with E-state index in [0.29, 0.717) is 30.8 Å². The van der Waals surface area contributed by atoms with Gasteiger partial charge >= 0.3 is 5.97 Å². The molecule has 0 unspecified atom stereocenters. The van der Waals surface area contributed by atoms with E-state index < -0.39 is 24.0 Å².